The topological polar surface area (TPSA) is 78.4 Å². The molecular formula is C12H13N5O2S. The molecule has 1 aliphatic heterocycles. The minimum Gasteiger partial charge on any atom is -0.372 e. The summed E-state index contributed by atoms with van der Waals surface area (Å²) in [6.45, 7) is 0.212. The molecule has 0 aliphatic carbocycles. The van der Waals surface area contributed by atoms with Crippen molar-refractivity contribution in [2.24, 2.45) is 0 Å². The smallest absolute Gasteiger partial charge is 0.327 e. The van der Waals surface area contributed by atoms with E-state index in [1.807, 2.05) is 11.4 Å². The largest absolute Gasteiger partial charge is 0.372 e. The van der Waals surface area contributed by atoms with Crippen molar-refractivity contribution in [3.63, 3.8) is 0 Å². The number of urea groups is 1. The number of carbonyl (C=O) groups is 2. The van der Waals surface area contributed by atoms with E-state index in [2.05, 4.69) is 15.3 Å². The number of anilines is 1. The van der Waals surface area contributed by atoms with Crippen LogP contribution in [0.1, 0.15) is 5.82 Å². The molecular weight excluding hydrogens is 278 g/mol. The van der Waals surface area contributed by atoms with Gasteiger partial charge in [-0.2, -0.15) is 0 Å². The Morgan fingerprint density at radius 1 is 1.40 bits per heavy atom. The van der Waals surface area contributed by atoms with Crippen LogP contribution < -0.4 is 5.32 Å². The van der Waals surface area contributed by atoms with Crippen molar-refractivity contribution < 1.29 is 9.59 Å². The summed E-state index contributed by atoms with van der Waals surface area (Å²) in [5.74, 6) is 0.943. The third kappa shape index (κ3) is 1.97. The van der Waals surface area contributed by atoms with E-state index in [9.17, 15) is 9.59 Å². The van der Waals surface area contributed by atoms with E-state index < -0.39 is 0 Å². The molecule has 0 aromatic carbocycles. The average Bonchev–Trinajstić information content (AvgIpc) is 2.98. The Morgan fingerprint density at radius 2 is 2.20 bits per heavy atom. The standard InChI is InChI=1S/C12H13N5O2S/c1-13-10-7-3-4-20-11(7)15-8(14-10)5-17-9(18)6-16(2)12(17)19/h3-4H,5-6H2,1-2H3,(H,13,14,15). The number of hydrogen-bond donors (Lipinski definition) is 1. The summed E-state index contributed by atoms with van der Waals surface area (Å²) in [6.07, 6.45) is 0. The predicted molar refractivity (Wildman–Crippen MR) is 75.5 cm³/mol. The van der Waals surface area contributed by atoms with Crippen LogP contribution in [-0.4, -0.2) is 52.3 Å². The summed E-state index contributed by atoms with van der Waals surface area (Å²) >= 11 is 1.50. The van der Waals surface area contributed by atoms with E-state index in [1.165, 1.54) is 21.1 Å². The maximum Gasteiger partial charge on any atom is 0.327 e. The van der Waals surface area contributed by atoms with Crippen LogP contribution in [-0.2, 0) is 11.3 Å². The lowest BCUT2D eigenvalue weighted by molar-refractivity contribution is -0.125. The molecule has 7 nitrogen and oxygen atoms in total. The van der Waals surface area contributed by atoms with Crippen LogP contribution in [0.2, 0.25) is 0 Å². The fourth-order valence-electron chi connectivity index (χ4n) is 2.13. The number of imide groups is 1. The van der Waals surface area contributed by atoms with Gasteiger partial charge in [0.1, 0.15) is 17.2 Å². The third-order valence-electron chi connectivity index (χ3n) is 3.14. The normalized spacial score (nSPS) is 15.5. The molecule has 1 aliphatic rings. The Hall–Kier alpha value is -2.22. The lowest BCUT2D eigenvalue weighted by Gasteiger charge is -2.13. The first-order valence-electron chi connectivity index (χ1n) is 6.07. The van der Waals surface area contributed by atoms with Gasteiger partial charge in [0.2, 0.25) is 0 Å². The number of nitrogens with one attached hydrogen (secondary N) is 1. The number of nitrogens with zero attached hydrogens (tertiary/aromatic N) is 4. The maximum atomic E-state index is 11.9. The summed E-state index contributed by atoms with van der Waals surface area (Å²) in [6, 6.07) is 1.63. The summed E-state index contributed by atoms with van der Waals surface area (Å²) in [7, 11) is 3.38. The highest BCUT2D eigenvalue weighted by Gasteiger charge is 2.34. The summed E-state index contributed by atoms with van der Waals surface area (Å²) in [4.78, 5) is 35.8. The Balaban J connectivity index is 1.95. The van der Waals surface area contributed by atoms with Crippen LogP contribution in [0.3, 0.4) is 0 Å². The maximum absolute atomic E-state index is 11.9. The number of hydrogen-bond acceptors (Lipinski definition) is 6. The molecule has 0 radical (unpaired) electrons. The van der Waals surface area contributed by atoms with E-state index in [-0.39, 0.29) is 25.0 Å². The highest BCUT2D eigenvalue weighted by molar-refractivity contribution is 7.16. The predicted octanol–water partition coefficient (Wildman–Crippen LogP) is 1.13. The molecule has 3 heterocycles. The van der Waals surface area contributed by atoms with Crippen LogP contribution >= 0.6 is 11.3 Å². The average molecular weight is 291 g/mol. The molecule has 8 heteroatoms. The second-order valence-electron chi connectivity index (χ2n) is 4.50. The SMILES string of the molecule is CNc1nc(CN2C(=O)CN(C)C2=O)nc2sccc12. The molecule has 0 atom stereocenters. The summed E-state index contributed by atoms with van der Waals surface area (Å²) in [5.41, 5.74) is 0. The third-order valence-corrected chi connectivity index (χ3v) is 3.95. The number of thiophene rings is 1. The van der Waals surface area contributed by atoms with E-state index in [0.29, 0.717) is 11.6 Å². The summed E-state index contributed by atoms with van der Waals surface area (Å²) < 4.78 is 0. The van der Waals surface area contributed by atoms with Gasteiger partial charge in [0.25, 0.3) is 5.91 Å². The number of fused-ring (bicyclic) bond motifs is 1. The molecule has 2 aromatic heterocycles. The zero-order valence-electron chi connectivity index (χ0n) is 11.1. The number of rotatable bonds is 3. The minimum atomic E-state index is -0.309. The van der Waals surface area contributed by atoms with Gasteiger partial charge in [-0.15, -0.1) is 11.3 Å². The Bertz CT molecular complexity index is 698. The molecule has 2 aromatic rings. The number of likely N-dealkylation sites (N-methyl/N-ethyl adjacent to an activating group) is 1. The highest BCUT2D eigenvalue weighted by Crippen LogP contribution is 2.25. The molecule has 0 saturated carbocycles. The zero-order chi connectivity index (χ0) is 14.3. The van der Waals surface area contributed by atoms with E-state index in [0.717, 1.165) is 10.2 Å². The number of aromatic nitrogens is 2. The van der Waals surface area contributed by atoms with E-state index in [4.69, 9.17) is 0 Å². The van der Waals surface area contributed by atoms with Crippen LogP contribution in [0.4, 0.5) is 10.6 Å². The van der Waals surface area contributed by atoms with Gasteiger partial charge < -0.3 is 10.2 Å². The van der Waals surface area contributed by atoms with Crippen molar-refractivity contribution in [1.82, 2.24) is 19.8 Å². The Kier molecular flexibility index (Phi) is 3.01. The second kappa shape index (κ2) is 4.71. The lowest BCUT2D eigenvalue weighted by Crippen LogP contribution is -2.31. The Labute approximate surface area is 119 Å². The van der Waals surface area contributed by atoms with Crippen molar-refractivity contribution in [2.75, 3.05) is 26.0 Å². The molecule has 0 unspecified atom stereocenters. The van der Waals surface area contributed by atoms with Gasteiger partial charge in [-0.25, -0.2) is 14.8 Å². The first-order chi connectivity index (χ1) is 9.60. The van der Waals surface area contributed by atoms with Gasteiger partial charge >= 0.3 is 6.03 Å². The number of carbonyl (C=O) groups excluding carboxylic acids is 2. The van der Waals surface area contributed by atoms with Crippen molar-refractivity contribution in [3.8, 4) is 0 Å². The van der Waals surface area contributed by atoms with Crippen molar-refractivity contribution in [3.05, 3.63) is 17.3 Å². The molecule has 3 amide bonds. The van der Waals surface area contributed by atoms with Crippen LogP contribution in [0.15, 0.2) is 11.4 Å². The quantitative estimate of drug-likeness (QED) is 0.858. The van der Waals surface area contributed by atoms with Crippen LogP contribution in [0.5, 0.6) is 0 Å². The van der Waals surface area contributed by atoms with Crippen molar-refractivity contribution >= 4 is 39.3 Å². The highest BCUT2D eigenvalue weighted by atomic mass is 32.1. The molecule has 1 saturated heterocycles. The molecule has 3 rings (SSSR count). The Morgan fingerprint density at radius 3 is 2.85 bits per heavy atom. The van der Waals surface area contributed by atoms with Gasteiger partial charge in [-0.1, -0.05) is 0 Å². The van der Waals surface area contributed by atoms with E-state index >= 15 is 0 Å². The van der Waals surface area contributed by atoms with Crippen molar-refractivity contribution in [1.29, 1.82) is 0 Å². The first kappa shape index (κ1) is 12.8. The van der Waals surface area contributed by atoms with E-state index in [1.54, 1.807) is 14.1 Å². The van der Waals surface area contributed by atoms with Crippen molar-refractivity contribution in [2.45, 2.75) is 6.54 Å². The molecule has 1 fully saturated rings. The second-order valence-corrected chi connectivity index (χ2v) is 5.39. The van der Waals surface area contributed by atoms with Gasteiger partial charge in [0.05, 0.1) is 11.9 Å². The fraction of sp³-hybridized carbons (Fsp3) is 0.333. The molecule has 1 N–H and O–H groups in total. The molecule has 104 valence electrons. The molecule has 0 bridgehead atoms. The number of amides is 3. The van der Waals surface area contributed by atoms with Gasteiger partial charge in [0.15, 0.2) is 5.82 Å². The zero-order valence-corrected chi connectivity index (χ0v) is 11.9. The van der Waals surface area contributed by atoms with Crippen LogP contribution in [0, 0.1) is 0 Å². The first-order valence-corrected chi connectivity index (χ1v) is 6.95. The molecule has 0 spiro atoms. The minimum absolute atomic E-state index is 0.102. The van der Waals surface area contributed by atoms with Gasteiger partial charge in [-0.3, -0.25) is 9.69 Å². The summed E-state index contributed by atoms with van der Waals surface area (Å²) in [5, 5.41) is 5.89. The van der Waals surface area contributed by atoms with Gasteiger partial charge in [-0.05, 0) is 11.4 Å². The van der Waals surface area contributed by atoms with Gasteiger partial charge in [0, 0.05) is 14.1 Å². The lowest BCUT2D eigenvalue weighted by atomic mass is 10.3. The molecule has 20 heavy (non-hydrogen) atoms. The van der Waals surface area contributed by atoms with Crippen LogP contribution in [0.25, 0.3) is 10.2 Å². The monoisotopic (exact) mass is 291 g/mol. The fourth-order valence-corrected chi connectivity index (χ4v) is 2.91.